The number of carbonyl (C=O) groups excluding carboxylic acids is 2. The van der Waals surface area contributed by atoms with Crippen LogP contribution in [0.3, 0.4) is 0 Å². The predicted octanol–water partition coefficient (Wildman–Crippen LogP) is 4.24. The molecule has 9 heteroatoms. The largest absolute Gasteiger partial charge is 0.497 e. The van der Waals surface area contributed by atoms with Crippen LogP contribution in [0, 0.1) is 0 Å². The summed E-state index contributed by atoms with van der Waals surface area (Å²) in [7, 11) is -2.45. The van der Waals surface area contributed by atoms with E-state index in [1.54, 1.807) is 36.4 Å². The van der Waals surface area contributed by atoms with Gasteiger partial charge in [0.05, 0.1) is 17.6 Å². The third-order valence-electron chi connectivity index (χ3n) is 5.01. The van der Waals surface area contributed by atoms with Gasteiger partial charge in [0.2, 0.25) is 0 Å². The van der Waals surface area contributed by atoms with Crippen molar-refractivity contribution < 1.29 is 27.5 Å². The highest BCUT2D eigenvalue weighted by Gasteiger charge is 2.21. The number of methoxy groups -OCH3 is 1. The Kier molecular flexibility index (Phi) is 7.91. The summed E-state index contributed by atoms with van der Waals surface area (Å²) in [4.78, 5) is 24.9. The van der Waals surface area contributed by atoms with Crippen LogP contribution < -0.4 is 14.8 Å². The number of anilines is 2. The summed E-state index contributed by atoms with van der Waals surface area (Å²) in [6, 6.07) is 19.1. The third-order valence-corrected chi connectivity index (χ3v) is 6.38. The first-order valence-electron chi connectivity index (χ1n) is 10.6. The summed E-state index contributed by atoms with van der Waals surface area (Å²) in [5.41, 5.74) is 2.06. The van der Waals surface area contributed by atoms with Gasteiger partial charge in [0.25, 0.3) is 15.9 Å². The molecule has 3 aromatic carbocycles. The summed E-state index contributed by atoms with van der Waals surface area (Å²) in [5, 5.41) is 2.69. The molecular weight excluding hydrogens is 456 g/mol. The molecule has 0 bridgehead atoms. The van der Waals surface area contributed by atoms with Crippen molar-refractivity contribution in [3.63, 3.8) is 0 Å². The molecule has 2 N–H and O–H groups in total. The van der Waals surface area contributed by atoms with E-state index in [0.717, 1.165) is 12.0 Å². The maximum atomic E-state index is 12.8. The molecule has 1 unspecified atom stereocenters. The molecule has 3 rings (SSSR count). The Morgan fingerprint density at radius 3 is 2.21 bits per heavy atom. The van der Waals surface area contributed by atoms with Crippen molar-refractivity contribution in [1.29, 1.82) is 0 Å². The molecular formula is C25H26N2O6S. The molecule has 0 heterocycles. The van der Waals surface area contributed by atoms with Crippen LogP contribution in [-0.4, -0.2) is 33.5 Å². The van der Waals surface area contributed by atoms with Gasteiger partial charge in [-0.1, -0.05) is 25.1 Å². The van der Waals surface area contributed by atoms with Crippen LogP contribution in [0.15, 0.2) is 77.7 Å². The van der Waals surface area contributed by atoms with E-state index in [1.807, 2.05) is 19.1 Å². The van der Waals surface area contributed by atoms with E-state index in [2.05, 4.69) is 10.0 Å². The molecule has 0 radical (unpaired) electrons. The fraction of sp³-hybridized carbons (Fsp3) is 0.200. The Balaban J connectivity index is 1.66. The molecule has 1 amide bonds. The molecule has 0 aliphatic carbocycles. The molecule has 0 saturated heterocycles. The van der Waals surface area contributed by atoms with E-state index in [4.69, 9.17) is 9.47 Å². The minimum absolute atomic E-state index is 0.00422. The molecule has 1 atom stereocenters. The summed E-state index contributed by atoms with van der Waals surface area (Å²) in [6.07, 6.45) is -0.205. The fourth-order valence-corrected chi connectivity index (χ4v) is 4.12. The lowest BCUT2D eigenvalue weighted by molar-refractivity contribution is -0.123. The lowest BCUT2D eigenvalue weighted by Gasteiger charge is -2.14. The number of sulfonamides is 1. The second-order valence-electron chi connectivity index (χ2n) is 7.45. The van der Waals surface area contributed by atoms with Crippen molar-refractivity contribution in [1.82, 2.24) is 0 Å². The first kappa shape index (κ1) is 24.8. The van der Waals surface area contributed by atoms with Gasteiger partial charge < -0.3 is 14.8 Å². The second-order valence-corrected chi connectivity index (χ2v) is 9.13. The van der Waals surface area contributed by atoms with Crippen LogP contribution in [0.5, 0.6) is 5.75 Å². The standard InChI is InChI=1S/C25H26N2O6S/c1-4-18-8-10-20(11-9-18)26-24(28)17(2)33-25(29)19-6-5-7-23(16-19)34(30,31)27-21-12-14-22(32-3)15-13-21/h5-17,27H,4H2,1-3H3,(H,26,28). The number of rotatable bonds is 9. The zero-order valence-corrected chi connectivity index (χ0v) is 19.9. The highest BCUT2D eigenvalue weighted by molar-refractivity contribution is 7.92. The number of esters is 1. The Morgan fingerprint density at radius 2 is 1.59 bits per heavy atom. The van der Waals surface area contributed by atoms with Crippen molar-refractivity contribution >= 4 is 33.3 Å². The molecule has 0 aliphatic rings. The molecule has 0 aromatic heterocycles. The number of benzene rings is 3. The van der Waals surface area contributed by atoms with Crippen LogP contribution in [0.2, 0.25) is 0 Å². The third kappa shape index (κ3) is 6.35. The Bertz CT molecular complexity index is 1260. The zero-order valence-electron chi connectivity index (χ0n) is 19.1. The number of nitrogens with one attached hydrogen (secondary N) is 2. The van der Waals surface area contributed by atoms with Crippen LogP contribution >= 0.6 is 0 Å². The Labute approximate surface area is 199 Å². The summed E-state index contributed by atoms with van der Waals surface area (Å²) in [5.74, 6) is -0.725. The monoisotopic (exact) mass is 482 g/mol. The number of aryl methyl sites for hydroxylation is 1. The maximum absolute atomic E-state index is 12.8. The lowest BCUT2D eigenvalue weighted by atomic mass is 10.1. The summed E-state index contributed by atoms with van der Waals surface area (Å²) < 4.78 is 38.3. The van der Waals surface area contributed by atoms with Crippen molar-refractivity contribution in [2.45, 2.75) is 31.3 Å². The van der Waals surface area contributed by atoms with Gasteiger partial charge in [0, 0.05) is 11.4 Å². The Hall–Kier alpha value is -3.85. The number of carbonyl (C=O) groups is 2. The molecule has 0 spiro atoms. The van der Waals surface area contributed by atoms with Crippen LogP contribution in [0.4, 0.5) is 11.4 Å². The minimum atomic E-state index is -3.96. The van der Waals surface area contributed by atoms with E-state index in [1.165, 1.54) is 38.3 Å². The van der Waals surface area contributed by atoms with E-state index < -0.39 is 28.0 Å². The number of ether oxygens (including phenoxy) is 2. The van der Waals surface area contributed by atoms with Gasteiger partial charge in [-0.05, 0) is 73.5 Å². The quantitative estimate of drug-likeness (QED) is 0.441. The SMILES string of the molecule is CCc1ccc(NC(=O)C(C)OC(=O)c2cccc(S(=O)(=O)Nc3ccc(OC)cc3)c2)cc1. The van der Waals surface area contributed by atoms with Crippen LogP contribution in [0.1, 0.15) is 29.8 Å². The average molecular weight is 483 g/mol. The molecule has 3 aromatic rings. The normalized spacial score (nSPS) is 11.9. The van der Waals surface area contributed by atoms with E-state index >= 15 is 0 Å². The van der Waals surface area contributed by atoms with Gasteiger partial charge in [-0.15, -0.1) is 0 Å². The second kappa shape index (κ2) is 10.8. The van der Waals surface area contributed by atoms with Crippen LogP contribution in [0.25, 0.3) is 0 Å². The minimum Gasteiger partial charge on any atom is -0.497 e. The molecule has 0 saturated carbocycles. The average Bonchev–Trinajstić information content (AvgIpc) is 2.84. The molecule has 0 aliphatic heterocycles. The molecule has 0 fully saturated rings. The smallest absolute Gasteiger partial charge is 0.338 e. The topological polar surface area (TPSA) is 111 Å². The summed E-state index contributed by atoms with van der Waals surface area (Å²) in [6.45, 7) is 3.48. The van der Waals surface area contributed by atoms with Crippen molar-refractivity contribution in [2.75, 3.05) is 17.1 Å². The van der Waals surface area contributed by atoms with Gasteiger partial charge in [-0.3, -0.25) is 9.52 Å². The van der Waals surface area contributed by atoms with Crippen molar-refractivity contribution in [3.8, 4) is 5.75 Å². The first-order chi connectivity index (χ1) is 16.2. The fourth-order valence-electron chi connectivity index (χ4n) is 3.01. The molecule has 8 nitrogen and oxygen atoms in total. The molecule has 34 heavy (non-hydrogen) atoms. The highest BCUT2D eigenvalue weighted by atomic mass is 32.2. The van der Waals surface area contributed by atoms with Gasteiger partial charge in [0.15, 0.2) is 6.10 Å². The zero-order chi connectivity index (χ0) is 24.7. The first-order valence-corrected chi connectivity index (χ1v) is 12.1. The molecule has 178 valence electrons. The predicted molar refractivity (Wildman–Crippen MR) is 130 cm³/mol. The van der Waals surface area contributed by atoms with Crippen molar-refractivity contribution in [2.24, 2.45) is 0 Å². The van der Waals surface area contributed by atoms with Crippen LogP contribution in [-0.2, 0) is 26.0 Å². The van der Waals surface area contributed by atoms with Gasteiger partial charge in [-0.25, -0.2) is 13.2 Å². The lowest BCUT2D eigenvalue weighted by Crippen LogP contribution is -2.30. The van der Waals surface area contributed by atoms with Crippen molar-refractivity contribution in [3.05, 3.63) is 83.9 Å². The number of amides is 1. The number of hydrogen-bond donors (Lipinski definition) is 2. The highest BCUT2D eigenvalue weighted by Crippen LogP contribution is 2.20. The van der Waals surface area contributed by atoms with E-state index in [-0.39, 0.29) is 10.5 Å². The van der Waals surface area contributed by atoms with Gasteiger partial charge in [0.1, 0.15) is 5.75 Å². The van der Waals surface area contributed by atoms with E-state index in [9.17, 15) is 18.0 Å². The Morgan fingerprint density at radius 1 is 0.941 bits per heavy atom. The van der Waals surface area contributed by atoms with Gasteiger partial charge in [-0.2, -0.15) is 0 Å². The maximum Gasteiger partial charge on any atom is 0.338 e. The number of hydrogen-bond acceptors (Lipinski definition) is 6. The van der Waals surface area contributed by atoms with E-state index in [0.29, 0.717) is 17.1 Å². The summed E-state index contributed by atoms with van der Waals surface area (Å²) >= 11 is 0. The van der Waals surface area contributed by atoms with Gasteiger partial charge >= 0.3 is 5.97 Å².